The van der Waals surface area contributed by atoms with Crippen molar-refractivity contribution in [2.45, 2.75) is 39.8 Å². The smallest absolute Gasteiger partial charge is 0.234 e. The molecule has 1 aromatic rings. The highest BCUT2D eigenvalue weighted by Gasteiger charge is 2.12. The molecule has 0 heterocycles. The second-order valence-electron chi connectivity index (χ2n) is 5.49. The molecule has 4 heteroatoms. The van der Waals surface area contributed by atoms with Gasteiger partial charge in [0.05, 0.1) is 6.54 Å². The van der Waals surface area contributed by atoms with Crippen molar-refractivity contribution in [3.63, 3.8) is 0 Å². The van der Waals surface area contributed by atoms with Crippen molar-refractivity contribution in [2.75, 3.05) is 6.54 Å². The standard InChI is InChI=1S/C14H21FN2O/c1-10-7-11(5-6-12(10)15)8-16-9-13(18)17-14(2,3)4/h5-7,16H,8-9H2,1-4H3,(H,17,18). The lowest BCUT2D eigenvalue weighted by molar-refractivity contribution is -0.121. The summed E-state index contributed by atoms with van der Waals surface area (Å²) in [4.78, 5) is 11.5. The van der Waals surface area contributed by atoms with E-state index in [1.165, 1.54) is 6.07 Å². The first kappa shape index (κ1) is 14.6. The summed E-state index contributed by atoms with van der Waals surface area (Å²) in [5.41, 5.74) is 1.37. The van der Waals surface area contributed by atoms with Crippen molar-refractivity contribution >= 4 is 5.91 Å². The van der Waals surface area contributed by atoms with Crippen molar-refractivity contribution in [3.05, 3.63) is 35.1 Å². The first-order chi connectivity index (χ1) is 8.28. The molecule has 1 amide bonds. The average molecular weight is 252 g/mol. The van der Waals surface area contributed by atoms with Crippen molar-refractivity contribution in [1.29, 1.82) is 0 Å². The molecule has 0 aliphatic heterocycles. The minimum Gasteiger partial charge on any atom is -0.350 e. The van der Waals surface area contributed by atoms with E-state index in [4.69, 9.17) is 0 Å². The van der Waals surface area contributed by atoms with Crippen LogP contribution in [0, 0.1) is 12.7 Å². The van der Waals surface area contributed by atoms with Gasteiger partial charge in [-0.05, 0) is 44.9 Å². The van der Waals surface area contributed by atoms with Gasteiger partial charge in [-0.25, -0.2) is 4.39 Å². The lowest BCUT2D eigenvalue weighted by atomic mass is 10.1. The number of rotatable bonds is 4. The predicted octanol–water partition coefficient (Wildman–Crippen LogP) is 2.14. The SMILES string of the molecule is Cc1cc(CNCC(=O)NC(C)(C)C)ccc1F. The summed E-state index contributed by atoms with van der Waals surface area (Å²) in [6, 6.07) is 4.95. The summed E-state index contributed by atoms with van der Waals surface area (Å²) in [6.45, 7) is 8.36. The molecular formula is C14H21FN2O. The number of nitrogens with one attached hydrogen (secondary N) is 2. The highest BCUT2D eigenvalue weighted by Crippen LogP contribution is 2.08. The van der Waals surface area contributed by atoms with Crippen molar-refractivity contribution in [2.24, 2.45) is 0 Å². The molecule has 0 saturated carbocycles. The summed E-state index contributed by atoms with van der Waals surface area (Å²) >= 11 is 0. The Morgan fingerprint density at radius 1 is 1.33 bits per heavy atom. The molecule has 1 rings (SSSR count). The third-order valence-corrected chi connectivity index (χ3v) is 2.35. The van der Waals surface area contributed by atoms with Gasteiger partial charge in [-0.2, -0.15) is 0 Å². The van der Waals surface area contributed by atoms with Crippen LogP contribution in [-0.4, -0.2) is 18.0 Å². The fourth-order valence-electron chi connectivity index (χ4n) is 1.60. The molecule has 0 aliphatic rings. The molecule has 100 valence electrons. The quantitative estimate of drug-likeness (QED) is 0.862. The minimum atomic E-state index is -0.217. The van der Waals surface area contributed by atoms with E-state index in [9.17, 15) is 9.18 Å². The topological polar surface area (TPSA) is 41.1 Å². The maximum atomic E-state index is 13.1. The first-order valence-corrected chi connectivity index (χ1v) is 6.05. The van der Waals surface area contributed by atoms with Crippen molar-refractivity contribution < 1.29 is 9.18 Å². The van der Waals surface area contributed by atoms with Crippen LogP contribution in [0.25, 0.3) is 0 Å². The molecule has 0 radical (unpaired) electrons. The van der Waals surface area contributed by atoms with E-state index >= 15 is 0 Å². The first-order valence-electron chi connectivity index (χ1n) is 6.05. The lowest BCUT2D eigenvalue weighted by Gasteiger charge is -2.20. The van der Waals surface area contributed by atoms with Crippen molar-refractivity contribution in [1.82, 2.24) is 10.6 Å². The molecule has 0 aromatic heterocycles. The Kier molecular flexibility index (Phi) is 4.84. The van der Waals surface area contributed by atoms with Gasteiger partial charge in [-0.15, -0.1) is 0 Å². The summed E-state index contributed by atoms with van der Waals surface area (Å²) in [7, 11) is 0. The third kappa shape index (κ3) is 5.27. The Morgan fingerprint density at radius 2 is 2.00 bits per heavy atom. The summed E-state index contributed by atoms with van der Waals surface area (Å²) in [6.07, 6.45) is 0. The van der Waals surface area contributed by atoms with E-state index in [0.29, 0.717) is 12.1 Å². The second kappa shape index (κ2) is 5.96. The molecule has 0 bridgehead atoms. The Labute approximate surface area is 108 Å². The highest BCUT2D eigenvalue weighted by molar-refractivity contribution is 5.78. The largest absolute Gasteiger partial charge is 0.350 e. The van der Waals surface area contributed by atoms with Crippen LogP contribution in [-0.2, 0) is 11.3 Å². The molecule has 0 saturated heterocycles. The van der Waals surface area contributed by atoms with Gasteiger partial charge in [-0.3, -0.25) is 4.79 Å². The molecule has 0 spiro atoms. The summed E-state index contributed by atoms with van der Waals surface area (Å²) in [5.74, 6) is -0.245. The van der Waals surface area contributed by atoms with Crippen LogP contribution in [0.2, 0.25) is 0 Å². The molecule has 0 atom stereocenters. The van der Waals surface area contributed by atoms with Crippen LogP contribution >= 0.6 is 0 Å². The second-order valence-corrected chi connectivity index (χ2v) is 5.49. The zero-order valence-electron chi connectivity index (χ0n) is 11.4. The van der Waals surface area contributed by atoms with E-state index in [2.05, 4.69) is 10.6 Å². The fourth-order valence-corrected chi connectivity index (χ4v) is 1.60. The number of benzene rings is 1. The zero-order valence-corrected chi connectivity index (χ0v) is 11.4. The number of aryl methyl sites for hydroxylation is 1. The van der Waals surface area contributed by atoms with Gasteiger partial charge in [0.2, 0.25) is 5.91 Å². The van der Waals surface area contributed by atoms with Gasteiger partial charge in [-0.1, -0.05) is 12.1 Å². The van der Waals surface area contributed by atoms with Gasteiger partial charge in [0.25, 0.3) is 0 Å². The monoisotopic (exact) mass is 252 g/mol. The van der Waals surface area contributed by atoms with Gasteiger partial charge in [0.15, 0.2) is 0 Å². The average Bonchev–Trinajstić information content (AvgIpc) is 2.20. The number of hydrogen-bond acceptors (Lipinski definition) is 2. The minimum absolute atomic E-state index is 0.0404. The normalized spacial score (nSPS) is 11.4. The van der Waals surface area contributed by atoms with E-state index in [0.717, 1.165) is 5.56 Å². The van der Waals surface area contributed by atoms with Gasteiger partial charge >= 0.3 is 0 Å². The molecule has 0 unspecified atom stereocenters. The number of carbonyl (C=O) groups is 1. The van der Waals surface area contributed by atoms with Crippen LogP contribution < -0.4 is 10.6 Å². The van der Waals surface area contributed by atoms with E-state index in [1.54, 1.807) is 19.1 Å². The lowest BCUT2D eigenvalue weighted by Crippen LogP contribution is -2.44. The maximum absolute atomic E-state index is 13.1. The Bertz CT molecular complexity index is 424. The van der Waals surface area contributed by atoms with E-state index in [-0.39, 0.29) is 23.8 Å². The Hall–Kier alpha value is -1.42. The number of halogens is 1. The number of hydrogen-bond donors (Lipinski definition) is 2. The fraction of sp³-hybridized carbons (Fsp3) is 0.500. The van der Waals surface area contributed by atoms with Crippen LogP contribution in [0.4, 0.5) is 4.39 Å². The van der Waals surface area contributed by atoms with E-state index in [1.807, 2.05) is 20.8 Å². The van der Waals surface area contributed by atoms with Gasteiger partial charge in [0, 0.05) is 12.1 Å². The van der Waals surface area contributed by atoms with E-state index < -0.39 is 0 Å². The Morgan fingerprint density at radius 3 is 2.56 bits per heavy atom. The van der Waals surface area contributed by atoms with Crippen LogP contribution in [0.1, 0.15) is 31.9 Å². The highest BCUT2D eigenvalue weighted by atomic mass is 19.1. The molecular weight excluding hydrogens is 231 g/mol. The zero-order chi connectivity index (χ0) is 13.8. The number of amides is 1. The molecule has 0 aliphatic carbocycles. The predicted molar refractivity (Wildman–Crippen MR) is 70.7 cm³/mol. The van der Waals surface area contributed by atoms with Gasteiger partial charge in [0.1, 0.15) is 5.82 Å². The Balaban J connectivity index is 2.38. The van der Waals surface area contributed by atoms with Gasteiger partial charge < -0.3 is 10.6 Å². The molecule has 3 nitrogen and oxygen atoms in total. The third-order valence-electron chi connectivity index (χ3n) is 2.35. The van der Waals surface area contributed by atoms with Crippen molar-refractivity contribution in [3.8, 4) is 0 Å². The summed E-state index contributed by atoms with van der Waals surface area (Å²) < 4.78 is 13.1. The molecule has 2 N–H and O–H groups in total. The van der Waals surface area contributed by atoms with Crippen LogP contribution in [0.15, 0.2) is 18.2 Å². The maximum Gasteiger partial charge on any atom is 0.234 e. The van der Waals surface area contributed by atoms with Crippen LogP contribution in [0.5, 0.6) is 0 Å². The molecule has 0 fully saturated rings. The van der Waals surface area contributed by atoms with Crippen LogP contribution in [0.3, 0.4) is 0 Å². The molecule has 18 heavy (non-hydrogen) atoms. The molecule has 1 aromatic carbocycles. The number of carbonyl (C=O) groups excluding carboxylic acids is 1. The summed E-state index contributed by atoms with van der Waals surface area (Å²) in [5, 5.41) is 5.90.